The van der Waals surface area contributed by atoms with Crippen LogP contribution in [0.4, 0.5) is 5.69 Å². The number of nitrogens with one attached hydrogen (secondary N) is 2. The third-order valence-electron chi connectivity index (χ3n) is 5.76. The lowest BCUT2D eigenvalue weighted by molar-refractivity contribution is -0.124. The van der Waals surface area contributed by atoms with Crippen molar-refractivity contribution in [1.29, 1.82) is 0 Å². The number of rotatable bonds is 8. The minimum Gasteiger partial charge on any atom is -0.497 e. The standard InChI is InChI=1S/C22H26N2O5S/c1-28-18-8-10-20(11-9-18)30(26,27)24-17-6-4-16(5-7-17)22(12-13-22)21(25)23-15-19-3-2-14-29-19/h4-11,19,24H,2-3,12-15H2,1H3,(H,23,25). The summed E-state index contributed by atoms with van der Waals surface area (Å²) in [6.45, 7) is 1.31. The van der Waals surface area contributed by atoms with E-state index in [0.717, 1.165) is 37.9 Å². The van der Waals surface area contributed by atoms with Crippen LogP contribution in [0.1, 0.15) is 31.2 Å². The molecule has 160 valence electrons. The van der Waals surface area contributed by atoms with Gasteiger partial charge in [0.2, 0.25) is 5.91 Å². The first-order valence-electron chi connectivity index (χ1n) is 10.1. The Bertz CT molecular complexity index is 993. The number of sulfonamides is 1. The van der Waals surface area contributed by atoms with Crippen LogP contribution in [0.2, 0.25) is 0 Å². The summed E-state index contributed by atoms with van der Waals surface area (Å²) in [7, 11) is -2.18. The van der Waals surface area contributed by atoms with E-state index in [-0.39, 0.29) is 16.9 Å². The molecule has 2 aliphatic rings. The van der Waals surface area contributed by atoms with Crippen molar-refractivity contribution in [3.05, 3.63) is 54.1 Å². The summed E-state index contributed by atoms with van der Waals surface area (Å²) in [5.41, 5.74) is 0.844. The van der Waals surface area contributed by atoms with Crippen molar-refractivity contribution in [3.63, 3.8) is 0 Å². The molecule has 1 heterocycles. The lowest BCUT2D eigenvalue weighted by atomic mass is 9.94. The minimum absolute atomic E-state index is 0.0181. The number of ether oxygens (including phenoxy) is 2. The molecule has 0 radical (unpaired) electrons. The van der Waals surface area contributed by atoms with Crippen LogP contribution in [-0.4, -0.2) is 40.7 Å². The molecule has 2 fully saturated rings. The molecule has 1 amide bonds. The van der Waals surface area contributed by atoms with Gasteiger partial charge in [-0.3, -0.25) is 9.52 Å². The van der Waals surface area contributed by atoms with Crippen molar-refractivity contribution in [2.75, 3.05) is 25.0 Å². The Hall–Kier alpha value is -2.58. The second-order valence-electron chi connectivity index (χ2n) is 7.79. The smallest absolute Gasteiger partial charge is 0.261 e. The van der Waals surface area contributed by atoms with Gasteiger partial charge in [0.1, 0.15) is 5.75 Å². The SMILES string of the molecule is COc1ccc(S(=O)(=O)Nc2ccc(C3(C(=O)NCC4CCCO4)CC3)cc2)cc1. The molecule has 2 aromatic carbocycles. The van der Waals surface area contributed by atoms with E-state index in [1.807, 2.05) is 12.1 Å². The average molecular weight is 431 g/mol. The second-order valence-corrected chi connectivity index (χ2v) is 9.47. The summed E-state index contributed by atoms with van der Waals surface area (Å²) in [6, 6.07) is 13.2. The molecular formula is C22H26N2O5S. The molecule has 2 N–H and O–H groups in total. The summed E-state index contributed by atoms with van der Waals surface area (Å²) >= 11 is 0. The van der Waals surface area contributed by atoms with Gasteiger partial charge in [-0.05, 0) is 67.6 Å². The number of amides is 1. The molecule has 1 aliphatic carbocycles. The molecule has 1 saturated heterocycles. The zero-order chi connectivity index (χ0) is 21.2. The monoisotopic (exact) mass is 430 g/mol. The van der Waals surface area contributed by atoms with Gasteiger partial charge in [0.05, 0.1) is 23.5 Å². The van der Waals surface area contributed by atoms with Crippen molar-refractivity contribution in [3.8, 4) is 5.75 Å². The molecule has 1 aliphatic heterocycles. The predicted molar refractivity (Wildman–Crippen MR) is 113 cm³/mol. The van der Waals surface area contributed by atoms with Crippen LogP contribution in [0, 0.1) is 0 Å². The van der Waals surface area contributed by atoms with Crippen molar-refractivity contribution < 1.29 is 22.7 Å². The van der Waals surface area contributed by atoms with E-state index in [1.54, 1.807) is 24.3 Å². The maximum absolute atomic E-state index is 12.7. The van der Waals surface area contributed by atoms with Crippen molar-refractivity contribution >= 4 is 21.6 Å². The number of benzene rings is 2. The highest BCUT2D eigenvalue weighted by molar-refractivity contribution is 7.92. The molecule has 1 saturated carbocycles. The Morgan fingerprint density at radius 2 is 1.83 bits per heavy atom. The summed E-state index contributed by atoms with van der Waals surface area (Å²) in [5, 5.41) is 3.02. The van der Waals surface area contributed by atoms with Crippen molar-refractivity contribution in [1.82, 2.24) is 5.32 Å². The Kier molecular flexibility index (Phi) is 5.71. The fourth-order valence-electron chi connectivity index (χ4n) is 3.78. The Morgan fingerprint density at radius 1 is 1.13 bits per heavy atom. The molecule has 7 nitrogen and oxygen atoms in total. The highest BCUT2D eigenvalue weighted by Gasteiger charge is 2.51. The first kappa shape index (κ1) is 20.7. The fraction of sp³-hybridized carbons (Fsp3) is 0.409. The fourth-order valence-corrected chi connectivity index (χ4v) is 4.84. The molecule has 0 aromatic heterocycles. The molecule has 4 rings (SSSR count). The number of carbonyl (C=O) groups is 1. The van der Waals surface area contributed by atoms with Crippen LogP contribution in [-0.2, 0) is 25.0 Å². The number of anilines is 1. The number of methoxy groups -OCH3 is 1. The Morgan fingerprint density at radius 3 is 2.40 bits per heavy atom. The molecular weight excluding hydrogens is 404 g/mol. The minimum atomic E-state index is -3.70. The van der Waals surface area contributed by atoms with Crippen LogP contribution in [0.3, 0.4) is 0 Å². The van der Waals surface area contributed by atoms with Crippen LogP contribution in [0.5, 0.6) is 5.75 Å². The van der Waals surface area contributed by atoms with E-state index in [4.69, 9.17) is 9.47 Å². The zero-order valence-electron chi connectivity index (χ0n) is 16.9. The van der Waals surface area contributed by atoms with E-state index >= 15 is 0 Å². The van der Waals surface area contributed by atoms with E-state index in [9.17, 15) is 13.2 Å². The summed E-state index contributed by atoms with van der Waals surface area (Å²) in [5.74, 6) is 0.607. The van der Waals surface area contributed by atoms with Crippen molar-refractivity contribution in [2.45, 2.75) is 42.1 Å². The Labute approximate surface area is 176 Å². The maximum atomic E-state index is 12.7. The summed E-state index contributed by atoms with van der Waals surface area (Å²) in [6.07, 6.45) is 3.72. The molecule has 0 spiro atoms. The summed E-state index contributed by atoms with van der Waals surface area (Å²) < 4.78 is 38.4. The lowest BCUT2D eigenvalue weighted by Gasteiger charge is -2.18. The second kappa shape index (κ2) is 8.28. The highest BCUT2D eigenvalue weighted by Crippen LogP contribution is 2.48. The summed E-state index contributed by atoms with van der Waals surface area (Å²) in [4.78, 5) is 12.9. The van der Waals surface area contributed by atoms with Gasteiger partial charge in [-0.25, -0.2) is 8.42 Å². The number of hydrogen-bond donors (Lipinski definition) is 2. The van der Waals surface area contributed by atoms with Gasteiger partial charge in [-0.15, -0.1) is 0 Å². The highest BCUT2D eigenvalue weighted by atomic mass is 32.2. The first-order chi connectivity index (χ1) is 14.4. The quantitative estimate of drug-likeness (QED) is 0.672. The molecule has 30 heavy (non-hydrogen) atoms. The number of carbonyl (C=O) groups excluding carboxylic acids is 1. The molecule has 2 aromatic rings. The van der Waals surface area contributed by atoms with Gasteiger partial charge in [0, 0.05) is 18.8 Å². The first-order valence-corrected chi connectivity index (χ1v) is 11.6. The molecule has 1 unspecified atom stereocenters. The average Bonchev–Trinajstić information content (AvgIpc) is 3.40. The van der Waals surface area contributed by atoms with E-state index in [0.29, 0.717) is 18.0 Å². The molecule has 8 heteroatoms. The van der Waals surface area contributed by atoms with Gasteiger partial charge in [0.25, 0.3) is 10.0 Å². The normalized spacial score (nSPS) is 19.8. The van der Waals surface area contributed by atoms with Crippen LogP contribution < -0.4 is 14.8 Å². The molecule has 0 bridgehead atoms. The van der Waals surface area contributed by atoms with Gasteiger partial charge in [0.15, 0.2) is 0 Å². The van der Waals surface area contributed by atoms with Crippen molar-refractivity contribution in [2.24, 2.45) is 0 Å². The molecule has 1 atom stereocenters. The maximum Gasteiger partial charge on any atom is 0.261 e. The Balaban J connectivity index is 1.41. The van der Waals surface area contributed by atoms with Crippen LogP contribution in [0.15, 0.2) is 53.4 Å². The number of hydrogen-bond acceptors (Lipinski definition) is 5. The third-order valence-corrected chi connectivity index (χ3v) is 7.16. The van der Waals surface area contributed by atoms with E-state index < -0.39 is 15.4 Å². The van der Waals surface area contributed by atoms with Gasteiger partial charge in [-0.1, -0.05) is 12.1 Å². The largest absolute Gasteiger partial charge is 0.497 e. The zero-order valence-corrected chi connectivity index (χ0v) is 17.7. The topological polar surface area (TPSA) is 93.7 Å². The van der Waals surface area contributed by atoms with Crippen LogP contribution >= 0.6 is 0 Å². The van der Waals surface area contributed by atoms with Gasteiger partial charge in [-0.2, -0.15) is 0 Å². The predicted octanol–water partition coefficient (Wildman–Crippen LogP) is 2.82. The van der Waals surface area contributed by atoms with E-state index in [1.165, 1.54) is 19.2 Å². The van der Waals surface area contributed by atoms with Gasteiger partial charge < -0.3 is 14.8 Å². The van der Waals surface area contributed by atoms with Gasteiger partial charge >= 0.3 is 0 Å². The third kappa shape index (κ3) is 4.29. The van der Waals surface area contributed by atoms with Crippen LogP contribution in [0.25, 0.3) is 0 Å². The lowest BCUT2D eigenvalue weighted by Crippen LogP contribution is -2.39. The van der Waals surface area contributed by atoms with E-state index in [2.05, 4.69) is 10.0 Å².